The lowest BCUT2D eigenvalue weighted by molar-refractivity contribution is 0.650. The van der Waals surface area contributed by atoms with E-state index in [1.807, 2.05) is 0 Å². The van der Waals surface area contributed by atoms with E-state index >= 15 is 0 Å². The van der Waals surface area contributed by atoms with Gasteiger partial charge in [0.1, 0.15) is 0 Å². The molecule has 0 heteroatoms. The average molecular weight is 214 g/mol. The maximum atomic E-state index is 5.21. The highest BCUT2D eigenvalue weighted by Crippen LogP contribution is 2.10. The van der Waals surface area contributed by atoms with E-state index in [1.54, 1.807) is 0 Å². The molecular formula is C16H22. The van der Waals surface area contributed by atoms with Gasteiger partial charge in [-0.15, -0.1) is 12.3 Å². The molecule has 0 fully saturated rings. The Labute approximate surface area is 100 Å². The van der Waals surface area contributed by atoms with Gasteiger partial charge in [0.05, 0.1) is 0 Å². The lowest BCUT2D eigenvalue weighted by Gasteiger charge is -2.02. The minimum absolute atomic E-state index is 0.936. The van der Waals surface area contributed by atoms with Gasteiger partial charge in [-0.05, 0) is 36.8 Å². The predicted molar refractivity (Wildman–Crippen MR) is 71.4 cm³/mol. The lowest BCUT2D eigenvalue weighted by Crippen LogP contribution is -1.87. The van der Waals surface area contributed by atoms with E-state index in [1.165, 1.54) is 43.2 Å². The van der Waals surface area contributed by atoms with E-state index in [0.717, 1.165) is 12.8 Å². The van der Waals surface area contributed by atoms with E-state index in [0.29, 0.717) is 0 Å². The van der Waals surface area contributed by atoms with E-state index in [4.69, 9.17) is 6.42 Å². The summed E-state index contributed by atoms with van der Waals surface area (Å²) in [5.74, 6) is 2.69. The molecule has 86 valence electrons. The van der Waals surface area contributed by atoms with Gasteiger partial charge in [-0.1, -0.05) is 44.0 Å². The number of rotatable bonds is 7. The van der Waals surface area contributed by atoms with Crippen molar-refractivity contribution < 1.29 is 0 Å². The highest BCUT2D eigenvalue weighted by Gasteiger charge is 1.94. The van der Waals surface area contributed by atoms with Gasteiger partial charge in [0.25, 0.3) is 0 Å². The van der Waals surface area contributed by atoms with Crippen molar-refractivity contribution >= 4 is 0 Å². The third kappa shape index (κ3) is 5.03. The first-order valence-electron chi connectivity index (χ1n) is 6.38. The zero-order valence-electron chi connectivity index (χ0n) is 10.3. The third-order valence-corrected chi connectivity index (χ3v) is 2.97. The fourth-order valence-electron chi connectivity index (χ4n) is 1.85. The van der Waals surface area contributed by atoms with Gasteiger partial charge in [-0.2, -0.15) is 0 Å². The normalized spacial score (nSPS) is 10.0. The maximum absolute atomic E-state index is 5.21. The van der Waals surface area contributed by atoms with Gasteiger partial charge in [0.15, 0.2) is 0 Å². The van der Waals surface area contributed by atoms with Crippen LogP contribution < -0.4 is 0 Å². The maximum Gasteiger partial charge on any atom is 0.00860 e. The van der Waals surface area contributed by atoms with Crippen LogP contribution in [0.25, 0.3) is 0 Å². The summed E-state index contributed by atoms with van der Waals surface area (Å²) in [6, 6.07) is 9.02. The Morgan fingerprint density at radius 3 is 2.19 bits per heavy atom. The fourth-order valence-corrected chi connectivity index (χ4v) is 1.85. The molecule has 1 aromatic carbocycles. The Morgan fingerprint density at radius 2 is 1.56 bits per heavy atom. The molecule has 0 radical (unpaired) electrons. The van der Waals surface area contributed by atoms with Crippen molar-refractivity contribution in [3.63, 3.8) is 0 Å². The van der Waals surface area contributed by atoms with Gasteiger partial charge in [-0.25, -0.2) is 0 Å². The second-order valence-corrected chi connectivity index (χ2v) is 4.29. The van der Waals surface area contributed by atoms with E-state index in [-0.39, 0.29) is 0 Å². The number of hydrogen-bond acceptors (Lipinski definition) is 0. The van der Waals surface area contributed by atoms with Crippen molar-refractivity contribution in [1.82, 2.24) is 0 Å². The van der Waals surface area contributed by atoms with E-state index < -0.39 is 0 Å². The molecule has 0 aliphatic carbocycles. The van der Waals surface area contributed by atoms with Crippen molar-refractivity contribution in [3.05, 3.63) is 35.4 Å². The number of aryl methyl sites for hydroxylation is 2. The fraction of sp³-hybridized carbons (Fsp3) is 0.500. The molecule has 1 rings (SSSR count). The van der Waals surface area contributed by atoms with Crippen molar-refractivity contribution in [1.29, 1.82) is 0 Å². The largest absolute Gasteiger partial charge is 0.120 e. The molecule has 0 heterocycles. The minimum atomic E-state index is 0.936. The number of unbranched alkanes of at least 4 members (excludes halogenated alkanes) is 4. The summed E-state index contributed by atoms with van der Waals surface area (Å²) in [5, 5.41) is 0. The van der Waals surface area contributed by atoms with Crippen LogP contribution in [-0.2, 0) is 12.8 Å². The number of benzene rings is 1. The van der Waals surface area contributed by atoms with Crippen molar-refractivity contribution in [2.24, 2.45) is 0 Å². The molecule has 0 unspecified atom stereocenters. The van der Waals surface area contributed by atoms with E-state index in [9.17, 15) is 0 Å². The highest BCUT2D eigenvalue weighted by atomic mass is 14.0. The topological polar surface area (TPSA) is 0 Å². The predicted octanol–water partition coefficient (Wildman–Crippen LogP) is 4.38. The summed E-state index contributed by atoms with van der Waals surface area (Å²) in [7, 11) is 0. The SMILES string of the molecule is C#CCCCCCCc1ccc(CC)cc1. The summed E-state index contributed by atoms with van der Waals surface area (Å²) < 4.78 is 0. The molecule has 0 nitrogen and oxygen atoms in total. The monoisotopic (exact) mass is 214 g/mol. The summed E-state index contributed by atoms with van der Waals surface area (Å²) in [5.41, 5.74) is 2.90. The molecule has 0 saturated heterocycles. The molecule has 0 aliphatic heterocycles. The first-order valence-corrected chi connectivity index (χ1v) is 6.38. The van der Waals surface area contributed by atoms with Crippen molar-refractivity contribution in [2.75, 3.05) is 0 Å². The molecule has 16 heavy (non-hydrogen) atoms. The average Bonchev–Trinajstić information content (AvgIpc) is 2.34. The first kappa shape index (κ1) is 12.8. The molecule has 0 bridgehead atoms. The molecule has 0 amide bonds. The molecular weight excluding hydrogens is 192 g/mol. The van der Waals surface area contributed by atoms with Crippen molar-refractivity contribution in [3.8, 4) is 12.3 Å². The summed E-state index contributed by atoms with van der Waals surface area (Å²) in [4.78, 5) is 0. The Balaban J connectivity index is 2.15. The van der Waals surface area contributed by atoms with Gasteiger partial charge < -0.3 is 0 Å². The van der Waals surface area contributed by atoms with Crippen LogP contribution in [0.15, 0.2) is 24.3 Å². The molecule has 0 aliphatic rings. The number of hydrogen-bond donors (Lipinski definition) is 0. The second-order valence-electron chi connectivity index (χ2n) is 4.29. The molecule has 0 spiro atoms. The quantitative estimate of drug-likeness (QED) is 0.467. The molecule has 0 aromatic heterocycles. The Kier molecular flexibility index (Phi) is 6.42. The van der Waals surface area contributed by atoms with Gasteiger partial charge >= 0.3 is 0 Å². The van der Waals surface area contributed by atoms with Crippen molar-refractivity contribution in [2.45, 2.75) is 51.9 Å². The first-order chi connectivity index (χ1) is 7.86. The number of terminal acetylenes is 1. The lowest BCUT2D eigenvalue weighted by atomic mass is 10.0. The van der Waals surface area contributed by atoms with Crippen LogP contribution in [0.1, 0.15) is 50.2 Å². The van der Waals surface area contributed by atoms with Crippen LogP contribution in [0.5, 0.6) is 0 Å². The van der Waals surface area contributed by atoms with Crippen LogP contribution >= 0.6 is 0 Å². The molecule has 0 N–H and O–H groups in total. The Morgan fingerprint density at radius 1 is 0.938 bits per heavy atom. The van der Waals surface area contributed by atoms with Crippen LogP contribution in [0.3, 0.4) is 0 Å². The zero-order chi connectivity index (χ0) is 11.6. The Bertz CT molecular complexity index is 313. The zero-order valence-corrected chi connectivity index (χ0v) is 10.3. The van der Waals surface area contributed by atoms with Gasteiger partial charge in [0, 0.05) is 6.42 Å². The molecule has 1 aromatic rings. The molecule has 0 atom stereocenters. The second kappa shape index (κ2) is 7.99. The Hall–Kier alpha value is -1.22. The van der Waals surface area contributed by atoms with E-state index in [2.05, 4.69) is 37.1 Å². The minimum Gasteiger partial charge on any atom is -0.120 e. The van der Waals surface area contributed by atoms with Crippen LogP contribution in [-0.4, -0.2) is 0 Å². The van der Waals surface area contributed by atoms with Crippen LogP contribution in [0.4, 0.5) is 0 Å². The van der Waals surface area contributed by atoms with Gasteiger partial charge in [-0.3, -0.25) is 0 Å². The third-order valence-electron chi connectivity index (χ3n) is 2.97. The van der Waals surface area contributed by atoms with Gasteiger partial charge in [0.2, 0.25) is 0 Å². The molecule has 0 saturated carbocycles. The summed E-state index contributed by atoms with van der Waals surface area (Å²) in [6.07, 6.45) is 13.5. The van der Waals surface area contributed by atoms with Crippen LogP contribution in [0, 0.1) is 12.3 Å². The smallest absolute Gasteiger partial charge is 0.00860 e. The summed E-state index contributed by atoms with van der Waals surface area (Å²) >= 11 is 0. The highest BCUT2D eigenvalue weighted by molar-refractivity contribution is 5.22. The summed E-state index contributed by atoms with van der Waals surface area (Å²) in [6.45, 7) is 2.19. The van der Waals surface area contributed by atoms with Crippen LogP contribution in [0.2, 0.25) is 0 Å². The standard InChI is InChI=1S/C16H22/c1-3-5-6-7-8-9-10-16-13-11-15(4-2)12-14-16/h1,11-14H,4-10H2,2H3.